The molecular weight excluding hydrogens is 254 g/mol. The van der Waals surface area contributed by atoms with E-state index in [0.29, 0.717) is 6.61 Å². The van der Waals surface area contributed by atoms with Gasteiger partial charge in [-0.25, -0.2) is 4.79 Å². The van der Waals surface area contributed by atoms with Crippen LogP contribution in [0.15, 0.2) is 24.3 Å². The summed E-state index contributed by atoms with van der Waals surface area (Å²) in [5.74, 6) is 0.500. The van der Waals surface area contributed by atoms with Crippen molar-refractivity contribution in [2.45, 2.75) is 52.8 Å². The van der Waals surface area contributed by atoms with Gasteiger partial charge in [-0.3, -0.25) is 5.32 Å². The van der Waals surface area contributed by atoms with Gasteiger partial charge in [0, 0.05) is 6.04 Å². The van der Waals surface area contributed by atoms with Crippen molar-refractivity contribution in [2.75, 3.05) is 6.61 Å². The molecule has 0 saturated heterocycles. The SMILES string of the molecule is CCOC(=O)C(NC(C)C)c1cccc(OC(C)C)c1. The van der Waals surface area contributed by atoms with Crippen LogP contribution >= 0.6 is 0 Å². The lowest BCUT2D eigenvalue weighted by molar-refractivity contribution is -0.146. The predicted molar refractivity (Wildman–Crippen MR) is 79.9 cm³/mol. The summed E-state index contributed by atoms with van der Waals surface area (Å²) < 4.78 is 10.8. The first-order chi connectivity index (χ1) is 9.43. The number of hydrogen-bond acceptors (Lipinski definition) is 4. The molecule has 4 heteroatoms. The molecule has 0 radical (unpaired) electrons. The van der Waals surface area contributed by atoms with Crippen molar-refractivity contribution < 1.29 is 14.3 Å². The van der Waals surface area contributed by atoms with Gasteiger partial charge in [-0.15, -0.1) is 0 Å². The molecule has 1 N–H and O–H groups in total. The quantitative estimate of drug-likeness (QED) is 0.779. The highest BCUT2D eigenvalue weighted by atomic mass is 16.5. The standard InChI is InChI=1S/C16H25NO3/c1-6-19-16(18)15(17-11(2)3)13-8-7-9-14(10-13)20-12(4)5/h7-12,15,17H,6H2,1-5H3. The van der Waals surface area contributed by atoms with E-state index < -0.39 is 6.04 Å². The average Bonchev–Trinajstić information content (AvgIpc) is 2.35. The lowest BCUT2D eigenvalue weighted by Gasteiger charge is -2.21. The van der Waals surface area contributed by atoms with Crippen molar-refractivity contribution in [1.82, 2.24) is 5.32 Å². The van der Waals surface area contributed by atoms with Crippen molar-refractivity contribution in [3.63, 3.8) is 0 Å². The van der Waals surface area contributed by atoms with Gasteiger partial charge in [-0.1, -0.05) is 12.1 Å². The maximum atomic E-state index is 12.1. The fourth-order valence-electron chi connectivity index (χ4n) is 1.90. The predicted octanol–water partition coefficient (Wildman–Crippen LogP) is 3.08. The van der Waals surface area contributed by atoms with Crippen LogP contribution in [0.3, 0.4) is 0 Å². The van der Waals surface area contributed by atoms with Gasteiger partial charge in [0.05, 0.1) is 12.7 Å². The van der Waals surface area contributed by atoms with Crippen molar-refractivity contribution in [3.05, 3.63) is 29.8 Å². The van der Waals surface area contributed by atoms with Gasteiger partial charge in [-0.2, -0.15) is 0 Å². The summed E-state index contributed by atoms with van der Waals surface area (Å²) in [5, 5.41) is 3.23. The molecule has 4 nitrogen and oxygen atoms in total. The Labute approximate surface area is 121 Å². The van der Waals surface area contributed by atoms with Gasteiger partial charge < -0.3 is 9.47 Å². The Kier molecular flexibility index (Phi) is 6.52. The molecule has 0 aliphatic rings. The summed E-state index contributed by atoms with van der Waals surface area (Å²) >= 11 is 0. The van der Waals surface area contributed by atoms with Crippen LogP contribution in [-0.4, -0.2) is 24.7 Å². The highest BCUT2D eigenvalue weighted by Gasteiger charge is 2.22. The van der Waals surface area contributed by atoms with Gasteiger partial charge in [0.25, 0.3) is 0 Å². The second-order valence-electron chi connectivity index (χ2n) is 5.25. The van der Waals surface area contributed by atoms with Gasteiger partial charge in [0.1, 0.15) is 11.8 Å². The van der Waals surface area contributed by atoms with Crippen LogP contribution in [-0.2, 0) is 9.53 Å². The van der Waals surface area contributed by atoms with Crippen molar-refractivity contribution in [3.8, 4) is 5.75 Å². The molecule has 0 fully saturated rings. The first-order valence-corrected chi connectivity index (χ1v) is 7.13. The molecule has 1 rings (SSSR count). The van der Waals surface area contributed by atoms with Gasteiger partial charge in [0.15, 0.2) is 0 Å². The molecule has 1 atom stereocenters. The highest BCUT2D eigenvalue weighted by Crippen LogP contribution is 2.22. The van der Waals surface area contributed by atoms with Gasteiger partial charge >= 0.3 is 5.97 Å². The molecule has 0 spiro atoms. The summed E-state index contributed by atoms with van der Waals surface area (Å²) in [5.41, 5.74) is 0.857. The minimum absolute atomic E-state index is 0.101. The molecule has 0 aromatic heterocycles. The summed E-state index contributed by atoms with van der Waals surface area (Å²) in [6.45, 7) is 10.1. The molecule has 0 saturated carbocycles. The zero-order chi connectivity index (χ0) is 15.1. The van der Waals surface area contributed by atoms with Gasteiger partial charge in [0.2, 0.25) is 0 Å². The van der Waals surface area contributed by atoms with E-state index in [0.717, 1.165) is 11.3 Å². The largest absolute Gasteiger partial charge is 0.491 e. The Morgan fingerprint density at radius 2 is 1.95 bits per heavy atom. The summed E-state index contributed by atoms with van der Waals surface area (Å²) in [6, 6.07) is 7.29. The zero-order valence-corrected chi connectivity index (χ0v) is 13.0. The number of esters is 1. The van der Waals surface area contributed by atoms with Crippen LogP contribution < -0.4 is 10.1 Å². The molecule has 0 aliphatic carbocycles. The molecule has 0 bridgehead atoms. The van der Waals surface area contributed by atoms with Crippen molar-refractivity contribution in [2.24, 2.45) is 0 Å². The maximum absolute atomic E-state index is 12.1. The second-order valence-corrected chi connectivity index (χ2v) is 5.25. The van der Waals surface area contributed by atoms with E-state index in [4.69, 9.17) is 9.47 Å². The van der Waals surface area contributed by atoms with Crippen LogP contribution in [0.2, 0.25) is 0 Å². The monoisotopic (exact) mass is 279 g/mol. The van der Waals surface area contributed by atoms with Crippen molar-refractivity contribution >= 4 is 5.97 Å². The average molecular weight is 279 g/mol. The van der Waals surface area contributed by atoms with Gasteiger partial charge in [-0.05, 0) is 52.3 Å². The van der Waals surface area contributed by atoms with Crippen molar-refractivity contribution in [1.29, 1.82) is 0 Å². The number of benzene rings is 1. The Bertz CT molecular complexity index is 429. The van der Waals surface area contributed by atoms with Crippen LogP contribution in [0.5, 0.6) is 5.75 Å². The smallest absolute Gasteiger partial charge is 0.327 e. The minimum atomic E-state index is -0.467. The van der Waals surface area contributed by atoms with E-state index in [9.17, 15) is 4.79 Å². The number of nitrogens with one attached hydrogen (secondary N) is 1. The molecule has 1 unspecified atom stereocenters. The number of carbonyl (C=O) groups is 1. The van der Waals surface area contributed by atoms with E-state index in [-0.39, 0.29) is 18.1 Å². The number of carbonyl (C=O) groups excluding carboxylic acids is 1. The normalized spacial score (nSPS) is 12.6. The molecule has 112 valence electrons. The Hall–Kier alpha value is -1.55. The molecule has 1 aromatic rings. The molecule has 20 heavy (non-hydrogen) atoms. The summed E-state index contributed by atoms with van der Waals surface area (Å²) in [7, 11) is 0. The topological polar surface area (TPSA) is 47.6 Å². The fraction of sp³-hybridized carbons (Fsp3) is 0.562. The molecular formula is C16H25NO3. The Balaban J connectivity index is 2.97. The molecule has 0 aliphatic heterocycles. The molecule has 0 amide bonds. The van der Waals surface area contributed by atoms with E-state index in [1.54, 1.807) is 0 Å². The van der Waals surface area contributed by atoms with E-state index in [1.165, 1.54) is 0 Å². The number of rotatable bonds is 7. The minimum Gasteiger partial charge on any atom is -0.491 e. The fourth-order valence-corrected chi connectivity index (χ4v) is 1.90. The Morgan fingerprint density at radius 3 is 2.50 bits per heavy atom. The summed E-state index contributed by atoms with van der Waals surface area (Å²) in [4.78, 5) is 12.1. The lowest BCUT2D eigenvalue weighted by Crippen LogP contribution is -2.34. The number of ether oxygens (including phenoxy) is 2. The first kappa shape index (κ1) is 16.5. The van der Waals surface area contributed by atoms with E-state index in [1.807, 2.05) is 58.9 Å². The number of hydrogen-bond donors (Lipinski definition) is 1. The zero-order valence-electron chi connectivity index (χ0n) is 13.0. The molecule has 0 heterocycles. The van der Waals surface area contributed by atoms with Crippen LogP contribution in [0.1, 0.15) is 46.2 Å². The molecule has 1 aromatic carbocycles. The highest BCUT2D eigenvalue weighted by molar-refractivity contribution is 5.77. The second kappa shape index (κ2) is 7.90. The van der Waals surface area contributed by atoms with E-state index >= 15 is 0 Å². The van der Waals surface area contributed by atoms with E-state index in [2.05, 4.69) is 5.32 Å². The third kappa shape index (κ3) is 5.21. The Morgan fingerprint density at radius 1 is 1.25 bits per heavy atom. The third-order valence-electron chi connectivity index (χ3n) is 2.59. The first-order valence-electron chi connectivity index (χ1n) is 7.13. The lowest BCUT2D eigenvalue weighted by atomic mass is 10.1. The van der Waals surface area contributed by atoms with Crippen LogP contribution in [0.25, 0.3) is 0 Å². The third-order valence-corrected chi connectivity index (χ3v) is 2.59. The van der Waals surface area contributed by atoms with Crippen LogP contribution in [0, 0.1) is 0 Å². The summed E-state index contributed by atoms with van der Waals surface area (Å²) in [6.07, 6.45) is 0.101. The van der Waals surface area contributed by atoms with Crippen LogP contribution in [0.4, 0.5) is 0 Å². The maximum Gasteiger partial charge on any atom is 0.327 e.